The van der Waals surface area contributed by atoms with E-state index < -0.39 is 0 Å². The Labute approximate surface area is 115 Å². The maximum atomic E-state index is 12.3. The van der Waals surface area contributed by atoms with E-state index in [2.05, 4.69) is 51.0 Å². The monoisotopic (exact) mass is 353 g/mol. The van der Waals surface area contributed by atoms with E-state index in [1.54, 1.807) is 0 Å². The zero-order valence-corrected chi connectivity index (χ0v) is 13.3. The molecule has 0 saturated heterocycles. The molecule has 0 spiro atoms. The fourth-order valence-electron chi connectivity index (χ4n) is 2.09. The van der Waals surface area contributed by atoms with Gasteiger partial charge < -0.3 is 5.32 Å². The van der Waals surface area contributed by atoms with E-state index in [1.807, 2.05) is 0 Å². The van der Waals surface area contributed by atoms with E-state index in [4.69, 9.17) is 0 Å². The molecule has 0 bridgehead atoms. The van der Waals surface area contributed by atoms with Gasteiger partial charge in [0.15, 0.2) is 0 Å². The lowest BCUT2D eigenvalue weighted by atomic mass is 9.74. The van der Waals surface area contributed by atoms with Gasteiger partial charge in [0, 0.05) is 16.1 Å². The predicted octanol–water partition coefficient (Wildman–Crippen LogP) is 3.62. The van der Waals surface area contributed by atoms with Crippen molar-refractivity contribution in [2.24, 2.45) is 5.41 Å². The van der Waals surface area contributed by atoms with Crippen LogP contribution in [0.4, 0.5) is 0 Å². The van der Waals surface area contributed by atoms with E-state index >= 15 is 0 Å². The second-order valence-electron chi connectivity index (χ2n) is 5.40. The van der Waals surface area contributed by atoms with Gasteiger partial charge in [-0.05, 0) is 19.8 Å². The topological polar surface area (TPSA) is 29.1 Å². The Morgan fingerprint density at radius 2 is 1.75 bits per heavy atom. The summed E-state index contributed by atoms with van der Waals surface area (Å²) in [5.74, 6) is 0.216. The molecule has 0 aromatic rings. The highest BCUT2D eigenvalue weighted by Crippen LogP contribution is 2.36. The highest BCUT2D eigenvalue weighted by atomic mass is 79.9. The molecule has 1 aliphatic rings. The summed E-state index contributed by atoms with van der Waals surface area (Å²) in [6.45, 7) is 4.16. The first-order valence-corrected chi connectivity index (χ1v) is 8.15. The zero-order chi connectivity index (χ0) is 12.2. The van der Waals surface area contributed by atoms with Crippen LogP contribution in [-0.2, 0) is 4.79 Å². The van der Waals surface area contributed by atoms with Gasteiger partial charge in [-0.15, -0.1) is 0 Å². The minimum absolute atomic E-state index is 0.149. The Morgan fingerprint density at radius 3 is 2.19 bits per heavy atom. The van der Waals surface area contributed by atoms with Gasteiger partial charge in [0.1, 0.15) is 0 Å². The summed E-state index contributed by atoms with van der Waals surface area (Å²) in [6, 6.07) is 0. The highest BCUT2D eigenvalue weighted by molar-refractivity contribution is 9.09. The Morgan fingerprint density at radius 1 is 1.25 bits per heavy atom. The Balaban J connectivity index is 2.63. The van der Waals surface area contributed by atoms with E-state index in [1.165, 1.54) is 19.3 Å². The van der Waals surface area contributed by atoms with Crippen molar-refractivity contribution in [1.82, 2.24) is 5.32 Å². The standard InChI is InChI=1S/C12H21Br2NO/c1-11(6-4-3-5-7-11)10(16)15-12(2,8-13)9-14/h3-9H2,1-2H3,(H,15,16). The molecular formula is C12H21Br2NO. The summed E-state index contributed by atoms with van der Waals surface area (Å²) >= 11 is 6.92. The molecule has 0 aromatic heterocycles. The van der Waals surface area contributed by atoms with Crippen LogP contribution in [0.5, 0.6) is 0 Å². The smallest absolute Gasteiger partial charge is 0.226 e. The summed E-state index contributed by atoms with van der Waals surface area (Å²) in [7, 11) is 0. The third kappa shape index (κ3) is 3.46. The lowest BCUT2D eigenvalue weighted by Gasteiger charge is -2.36. The number of hydrogen-bond donors (Lipinski definition) is 1. The molecule has 1 N–H and O–H groups in total. The maximum absolute atomic E-state index is 12.3. The lowest BCUT2D eigenvalue weighted by Crippen LogP contribution is -2.54. The van der Waals surface area contributed by atoms with Crippen LogP contribution in [0, 0.1) is 5.41 Å². The largest absolute Gasteiger partial charge is 0.349 e. The number of carbonyl (C=O) groups is 1. The fraction of sp³-hybridized carbons (Fsp3) is 0.917. The van der Waals surface area contributed by atoms with Crippen molar-refractivity contribution in [3.63, 3.8) is 0 Å². The first-order chi connectivity index (χ1) is 7.46. The van der Waals surface area contributed by atoms with Crippen molar-refractivity contribution >= 4 is 37.8 Å². The normalized spacial score (nSPS) is 20.5. The molecule has 2 nitrogen and oxygen atoms in total. The van der Waals surface area contributed by atoms with Gasteiger partial charge in [-0.1, -0.05) is 58.0 Å². The SMILES string of the molecule is CC(CBr)(CBr)NC(=O)C1(C)CCCCC1. The quantitative estimate of drug-likeness (QED) is 0.767. The number of halogens is 2. The molecule has 0 aromatic carbocycles. The Hall–Kier alpha value is 0.430. The van der Waals surface area contributed by atoms with E-state index in [0.717, 1.165) is 23.5 Å². The van der Waals surface area contributed by atoms with Crippen molar-refractivity contribution in [1.29, 1.82) is 0 Å². The lowest BCUT2D eigenvalue weighted by molar-refractivity contribution is -0.133. The first kappa shape index (κ1) is 14.5. The molecule has 1 rings (SSSR count). The molecule has 0 heterocycles. The molecule has 1 fully saturated rings. The zero-order valence-electron chi connectivity index (χ0n) is 10.1. The van der Waals surface area contributed by atoms with Crippen LogP contribution in [0.2, 0.25) is 0 Å². The van der Waals surface area contributed by atoms with Crippen LogP contribution < -0.4 is 5.32 Å². The summed E-state index contributed by atoms with van der Waals surface area (Å²) in [5, 5.41) is 4.71. The Kier molecular flexibility index (Phi) is 5.30. The average molecular weight is 355 g/mol. The van der Waals surface area contributed by atoms with Crippen LogP contribution >= 0.6 is 31.9 Å². The Bertz CT molecular complexity index is 245. The molecule has 0 aliphatic heterocycles. The average Bonchev–Trinajstić information content (AvgIpc) is 2.30. The van der Waals surface area contributed by atoms with Crippen molar-refractivity contribution in [3.05, 3.63) is 0 Å². The van der Waals surface area contributed by atoms with Gasteiger partial charge in [0.05, 0.1) is 5.54 Å². The summed E-state index contributed by atoms with van der Waals surface area (Å²) in [5.41, 5.74) is -0.332. The molecule has 1 aliphatic carbocycles. The second-order valence-corrected chi connectivity index (χ2v) is 6.52. The molecule has 1 saturated carbocycles. The van der Waals surface area contributed by atoms with Crippen molar-refractivity contribution in [3.8, 4) is 0 Å². The minimum Gasteiger partial charge on any atom is -0.349 e. The third-order valence-corrected chi connectivity index (χ3v) is 5.99. The third-order valence-electron chi connectivity index (χ3n) is 3.51. The van der Waals surface area contributed by atoms with E-state index in [-0.39, 0.29) is 16.9 Å². The van der Waals surface area contributed by atoms with Crippen LogP contribution in [0.3, 0.4) is 0 Å². The minimum atomic E-state index is -0.183. The van der Waals surface area contributed by atoms with Gasteiger partial charge in [-0.3, -0.25) is 4.79 Å². The van der Waals surface area contributed by atoms with Gasteiger partial charge in [-0.25, -0.2) is 0 Å². The molecule has 94 valence electrons. The van der Waals surface area contributed by atoms with Crippen molar-refractivity contribution < 1.29 is 4.79 Å². The first-order valence-electron chi connectivity index (χ1n) is 5.90. The molecule has 16 heavy (non-hydrogen) atoms. The van der Waals surface area contributed by atoms with Crippen molar-refractivity contribution in [2.75, 3.05) is 10.7 Å². The predicted molar refractivity (Wildman–Crippen MR) is 75.3 cm³/mol. The van der Waals surface area contributed by atoms with E-state index in [9.17, 15) is 4.79 Å². The van der Waals surface area contributed by atoms with Crippen LogP contribution in [0.1, 0.15) is 46.0 Å². The highest BCUT2D eigenvalue weighted by Gasteiger charge is 2.37. The number of carbonyl (C=O) groups excluding carboxylic acids is 1. The molecule has 1 amide bonds. The van der Waals surface area contributed by atoms with Gasteiger partial charge in [0.25, 0.3) is 0 Å². The number of amides is 1. The number of alkyl halides is 2. The van der Waals surface area contributed by atoms with Crippen LogP contribution in [-0.4, -0.2) is 22.1 Å². The maximum Gasteiger partial charge on any atom is 0.226 e. The molecule has 0 atom stereocenters. The van der Waals surface area contributed by atoms with Crippen molar-refractivity contribution in [2.45, 2.75) is 51.5 Å². The van der Waals surface area contributed by atoms with Crippen LogP contribution in [0.15, 0.2) is 0 Å². The van der Waals surface area contributed by atoms with Gasteiger partial charge in [0.2, 0.25) is 5.91 Å². The fourth-order valence-corrected chi connectivity index (χ4v) is 3.30. The molecule has 4 heteroatoms. The van der Waals surface area contributed by atoms with Crippen LogP contribution in [0.25, 0.3) is 0 Å². The number of rotatable bonds is 4. The molecule has 0 unspecified atom stereocenters. The summed E-state index contributed by atoms with van der Waals surface area (Å²) < 4.78 is 0. The second kappa shape index (κ2) is 5.85. The van der Waals surface area contributed by atoms with Gasteiger partial charge >= 0.3 is 0 Å². The number of hydrogen-bond acceptors (Lipinski definition) is 1. The summed E-state index contributed by atoms with van der Waals surface area (Å²) in [4.78, 5) is 12.3. The molecule has 0 radical (unpaired) electrons. The van der Waals surface area contributed by atoms with Gasteiger partial charge in [-0.2, -0.15) is 0 Å². The molecular weight excluding hydrogens is 334 g/mol. The number of nitrogens with one attached hydrogen (secondary N) is 1. The summed E-state index contributed by atoms with van der Waals surface area (Å²) in [6.07, 6.45) is 5.70. The van der Waals surface area contributed by atoms with E-state index in [0.29, 0.717) is 0 Å².